The maximum absolute atomic E-state index is 12.2. The fraction of sp³-hybridized carbons (Fsp3) is 0.200. The molecule has 0 spiro atoms. The monoisotopic (exact) mass is 335 g/mol. The number of ether oxygens (including phenoxy) is 1. The molecule has 1 amide bonds. The zero-order valence-electron chi connectivity index (χ0n) is 14.2. The zero-order valence-corrected chi connectivity index (χ0v) is 14.2. The third-order valence-electron chi connectivity index (χ3n) is 3.99. The Morgan fingerprint density at radius 2 is 2.00 bits per heavy atom. The molecule has 5 nitrogen and oxygen atoms in total. The summed E-state index contributed by atoms with van der Waals surface area (Å²) in [7, 11) is 1.66. The van der Waals surface area contributed by atoms with Crippen LogP contribution in [0.2, 0.25) is 0 Å². The Morgan fingerprint density at radius 1 is 1.16 bits per heavy atom. The lowest BCUT2D eigenvalue weighted by molar-refractivity contribution is 0.0953. The maximum atomic E-state index is 12.2. The van der Waals surface area contributed by atoms with Crippen molar-refractivity contribution in [2.45, 2.75) is 12.8 Å². The van der Waals surface area contributed by atoms with Gasteiger partial charge in [0.2, 0.25) is 0 Å². The molecule has 0 saturated carbocycles. The topological polar surface area (TPSA) is 67.0 Å². The number of amides is 1. The van der Waals surface area contributed by atoms with Gasteiger partial charge in [0.1, 0.15) is 5.75 Å². The van der Waals surface area contributed by atoms with Gasteiger partial charge in [-0.25, -0.2) is 0 Å². The van der Waals surface area contributed by atoms with Gasteiger partial charge in [0, 0.05) is 18.9 Å². The molecule has 0 atom stereocenters. The third kappa shape index (κ3) is 4.47. The molecule has 5 heteroatoms. The number of carbonyl (C=O) groups excluding carboxylic acids is 1. The Labute approximate surface area is 147 Å². The molecule has 0 saturated heterocycles. The SMILES string of the molecule is COc1ccc(CCCNC(=O)c2ccc(-c3ccc[nH]3)nc2)cc1. The Balaban J connectivity index is 1.45. The standard InChI is InChI=1S/C20H21N3O2/c1-25-17-9-6-15(7-10-17)4-2-13-22-20(24)16-8-11-19(23-14-16)18-5-3-12-21-18/h3,5-12,14,21H,2,4,13H2,1H3,(H,22,24). The van der Waals surface area contributed by atoms with Crippen LogP contribution in [0.1, 0.15) is 22.3 Å². The minimum atomic E-state index is -0.0970. The number of rotatable bonds is 7. The van der Waals surface area contributed by atoms with E-state index in [9.17, 15) is 4.79 Å². The van der Waals surface area contributed by atoms with E-state index in [0.29, 0.717) is 12.1 Å². The predicted molar refractivity (Wildman–Crippen MR) is 97.7 cm³/mol. The van der Waals surface area contributed by atoms with E-state index in [4.69, 9.17) is 4.74 Å². The highest BCUT2D eigenvalue weighted by Crippen LogP contribution is 2.14. The summed E-state index contributed by atoms with van der Waals surface area (Å²) in [5.41, 5.74) is 3.55. The normalized spacial score (nSPS) is 10.4. The summed E-state index contributed by atoms with van der Waals surface area (Å²) < 4.78 is 5.14. The van der Waals surface area contributed by atoms with Crippen LogP contribution in [0.15, 0.2) is 60.9 Å². The first kappa shape index (κ1) is 16.8. The number of nitrogens with one attached hydrogen (secondary N) is 2. The predicted octanol–water partition coefficient (Wildman–Crippen LogP) is 3.45. The van der Waals surface area contributed by atoms with Crippen molar-refractivity contribution in [2.75, 3.05) is 13.7 Å². The number of hydrogen-bond acceptors (Lipinski definition) is 3. The van der Waals surface area contributed by atoms with Gasteiger partial charge in [-0.3, -0.25) is 9.78 Å². The average Bonchev–Trinajstić information content (AvgIpc) is 3.20. The van der Waals surface area contributed by atoms with Crippen LogP contribution in [0.25, 0.3) is 11.4 Å². The van der Waals surface area contributed by atoms with Gasteiger partial charge < -0.3 is 15.0 Å². The van der Waals surface area contributed by atoms with Crippen LogP contribution in [0, 0.1) is 0 Å². The van der Waals surface area contributed by atoms with E-state index >= 15 is 0 Å². The largest absolute Gasteiger partial charge is 0.497 e. The summed E-state index contributed by atoms with van der Waals surface area (Å²) in [6, 6.07) is 15.5. The van der Waals surface area contributed by atoms with E-state index in [1.165, 1.54) is 5.56 Å². The number of aryl methyl sites for hydroxylation is 1. The van der Waals surface area contributed by atoms with Gasteiger partial charge in [0.15, 0.2) is 0 Å². The Hall–Kier alpha value is -3.08. The lowest BCUT2D eigenvalue weighted by Gasteiger charge is -2.06. The van der Waals surface area contributed by atoms with Crippen LogP contribution >= 0.6 is 0 Å². The molecule has 128 valence electrons. The number of methoxy groups -OCH3 is 1. The second-order valence-electron chi connectivity index (χ2n) is 5.72. The van der Waals surface area contributed by atoms with E-state index in [0.717, 1.165) is 30.0 Å². The molecule has 0 unspecified atom stereocenters. The Morgan fingerprint density at radius 3 is 2.64 bits per heavy atom. The minimum Gasteiger partial charge on any atom is -0.497 e. The van der Waals surface area contributed by atoms with Crippen LogP contribution in [0.5, 0.6) is 5.75 Å². The van der Waals surface area contributed by atoms with E-state index in [1.807, 2.05) is 48.7 Å². The first-order valence-corrected chi connectivity index (χ1v) is 8.27. The zero-order chi connectivity index (χ0) is 17.5. The summed E-state index contributed by atoms with van der Waals surface area (Å²) >= 11 is 0. The fourth-order valence-electron chi connectivity index (χ4n) is 2.57. The molecule has 0 aliphatic carbocycles. The number of benzene rings is 1. The molecule has 0 radical (unpaired) electrons. The molecule has 0 fully saturated rings. The van der Waals surface area contributed by atoms with Gasteiger partial charge in [-0.2, -0.15) is 0 Å². The first-order chi connectivity index (χ1) is 12.3. The highest BCUT2D eigenvalue weighted by Gasteiger charge is 2.07. The Bertz CT molecular complexity index is 794. The summed E-state index contributed by atoms with van der Waals surface area (Å²) in [4.78, 5) is 19.6. The number of H-pyrrole nitrogens is 1. The van der Waals surface area contributed by atoms with Crippen molar-refractivity contribution in [3.8, 4) is 17.1 Å². The summed E-state index contributed by atoms with van der Waals surface area (Å²) in [5.74, 6) is 0.757. The summed E-state index contributed by atoms with van der Waals surface area (Å²) in [6.45, 7) is 0.628. The van der Waals surface area contributed by atoms with Gasteiger partial charge in [-0.05, 0) is 54.8 Å². The van der Waals surface area contributed by atoms with Crippen molar-refractivity contribution >= 4 is 5.91 Å². The highest BCUT2D eigenvalue weighted by atomic mass is 16.5. The number of hydrogen-bond donors (Lipinski definition) is 2. The molecular formula is C20H21N3O2. The fourth-order valence-corrected chi connectivity index (χ4v) is 2.57. The maximum Gasteiger partial charge on any atom is 0.252 e. The Kier molecular flexibility index (Phi) is 5.46. The van der Waals surface area contributed by atoms with Crippen molar-refractivity contribution in [2.24, 2.45) is 0 Å². The molecule has 2 N–H and O–H groups in total. The van der Waals surface area contributed by atoms with E-state index in [1.54, 1.807) is 19.4 Å². The van der Waals surface area contributed by atoms with Gasteiger partial charge in [-0.1, -0.05) is 12.1 Å². The quantitative estimate of drug-likeness (QED) is 0.650. The molecular weight excluding hydrogens is 314 g/mol. The molecule has 2 heterocycles. The summed E-state index contributed by atoms with van der Waals surface area (Å²) in [5, 5.41) is 2.93. The smallest absolute Gasteiger partial charge is 0.252 e. The van der Waals surface area contributed by atoms with Crippen LogP contribution in [-0.2, 0) is 6.42 Å². The van der Waals surface area contributed by atoms with E-state index in [-0.39, 0.29) is 5.91 Å². The van der Waals surface area contributed by atoms with Gasteiger partial charge in [-0.15, -0.1) is 0 Å². The second-order valence-corrected chi connectivity index (χ2v) is 5.72. The van der Waals surface area contributed by atoms with Crippen molar-refractivity contribution in [3.05, 3.63) is 72.1 Å². The van der Waals surface area contributed by atoms with Crippen molar-refractivity contribution in [3.63, 3.8) is 0 Å². The van der Waals surface area contributed by atoms with Crippen LogP contribution < -0.4 is 10.1 Å². The lowest BCUT2D eigenvalue weighted by Crippen LogP contribution is -2.24. The summed E-state index contributed by atoms with van der Waals surface area (Å²) in [6.07, 6.45) is 5.25. The molecule has 0 aliphatic rings. The van der Waals surface area contributed by atoms with Crippen molar-refractivity contribution < 1.29 is 9.53 Å². The molecule has 25 heavy (non-hydrogen) atoms. The molecule has 0 bridgehead atoms. The van der Waals surface area contributed by atoms with Crippen molar-refractivity contribution in [1.29, 1.82) is 0 Å². The lowest BCUT2D eigenvalue weighted by atomic mass is 10.1. The second kappa shape index (κ2) is 8.15. The number of carbonyl (C=O) groups is 1. The van der Waals surface area contributed by atoms with Gasteiger partial charge >= 0.3 is 0 Å². The average molecular weight is 335 g/mol. The number of aromatic amines is 1. The number of aromatic nitrogens is 2. The van der Waals surface area contributed by atoms with Crippen LogP contribution in [-0.4, -0.2) is 29.5 Å². The third-order valence-corrected chi connectivity index (χ3v) is 3.99. The van der Waals surface area contributed by atoms with E-state index < -0.39 is 0 Å². The molecule has 1 aromatic carbocycles. The first-order valence-electron chi connectivity index (χ1n) is 8.27. The molecule has 3 rings (SSSR count). The van der Waals surface area contributed by atoms with Crippen molar-refractivity contribution in [1.82, 2.24) is 15.3 Å². The van der Waals surface area contributed by atoms with Gasteiger partial charge in [0.05, 0.1) is 24.1 Å². The molecule has 3 aromatic rings. The van der Waals surface area contributed by atoms with Crippen LogP contribution in [0.3, 0.4) is 0 Å². The molecule has 2 aromatic heterocycles. The molecule has 0 aliphatic heterocycles. The minimum absolute atomic E-state index is 0.0970. The van der Waals surface area contributed by atoms with Gasteiger partial charge in [0.25, 0.3) is 5.91 Å². The number of nitrogens with zero attached hydrogens (tertiary/aromatic N) is 1. The number of pyridine rings is 1. The highest BCUT2D eigenvalue weighted by molar-refractivity contribution is 5.94. The van der Waals surface area contributed by atoms with E-state index in [2.05, 4.69) is 15.3 Å². The van der Waals surface area contributed by atoms with Crippen LogP contribution in [0.4, 0.5) is 0 Å².